The number of hydrogen-bond donors (Lipinski definition) is 1. The topological polar surface area (TPSA) is 231 Å². The third-order valence-corrected chi connectivity index (χ3v) is 17.9. The van der Waals surface area contributed by atoms with Crippen molar-refractivity contribution in [1.82, 2.24) is 73.4 Å². The van der Waals surface area contributed by atoms with Crippen molar-refractivity contribution in [2.75, 3.05) is 72.0 Å². The van der Waals surface area contributed by atoms with Crippen molar-refractivity contribution in [1.29, 1.82) is 0 Å². The van der Waals surface area contributed by atoms with E-state index in [1.54, 1.807) is 71.1 Å². The highest BCUT2D eigenvalue weighted by molar-refractivity contribution is 7.91. The van der Waals surface area contributed by atoms with E-state index in [2.05, 4.69) is 81.2 Å². The molecule has 12 rings (SSSR count). The smallest absolute Gasteiger partial charge is 0.225 e. The molecule has 1 N–H and O–H groups in total. The van der Waals surface area contributed by atoms with E-state index in [9.17, 15) is 17.9 Å². The first-order valence-corrected chi connectivity index (χ1v) is 29.9. The van der Waals surface area contributed by atoms with Gasteiger partial charge in [0.05, 0.1) is 12.4 Å². The minimum absolute atomic E-state index is 0.331. The van der Waals surface area contributed by atoms with Crippen molar-refractivity contribution < 1.29 is 17.9 Å². The van der Waals surface area contributed by atoms with Crippen LogP contribution in [-0.2, 0) is 42.4 Å². The molecule has 0 aliphatic carbocycles. The molecular weight excluding hydrogens is 1120 g/mol. The predicted octanol–water partition coefficient (Wildman–Crippen LogP) is 7.39. The number of nitrogens with one attached hydrogen (secondary N) is 1. The van der Waals surface area contributed by atoms with E-state index in [1.165, 1.54) is 24.3 Å². The fraction of sp³-hybridized carbons (Fsp3) is 0.339. The van der Waals surface area contributed by atoms with Crippen LogP contribution in [0.4, 0.5) is 32.3 Å². The summed E-state index contributed by atoms with van der Waals surface area (Å²) in [6, 6.07) is 16.4. The van der Waals surface area contributed by atoms with E-state index in [1.807, 2.05) is 109 Å². The van der Waals surface area contributed by atoms with E-state index in [0.29, 0.717) is 54.9 Å². The Labute approximate surface area is 497 Å². The lowest BCUT2D eigenvalue weighted by molar-refractivity contribution is 0.478. The van der Waals surface area contributed by atoms with Crippen molar-refractivity contribution in [2.45, 2.75) is 63.5 Å². The largest absolute Gasteiger partial charge is 0.598 e. The second-order valence-electron chi connectivity index (χ2n) is 23.0. The Bertz CT molecular complexity index is 3940. The first-order chi connectivity index (χ1) is 40.7. The van der Waals surface area contributed by atoms with Crippen LogP contribution < -0.4 is 24.3 Å². The third-order valence-electron chi connectivity index (χ3n) is 14.8. The molecule has 440 valence electrons. The summed E-state index contributed by atoms with van der Waals surface area (Å²) in [5.74, 6) is 2.30. The van der Waals surface area contributed by atoms with Gasteiger partial charge in [0.1, 0.15) is 67.4 Å². The van der Waals surface area contributed by atoms with Crippen molar-refractivity contribution in [3.8, 4) is 22.3 Å². The molecular formula is C59H66F2N20O2S2. The van der Waals surface area contributed by atoms with Gasteiger partial charge < -0.3 is 28.7 Å². The Morgan fingerprint density at radius 3 is 1.35 bits per heavy atom. The molecule has 0 bridgehead atoms. The highest BCUT2D eigenvalue weighted by atomic mass is 32.2. The number of rotatable bonds is 13. The molecule has 2 aromatic carbocycles. The first-order valence-electron chi connectivity index (χ1n) is 27.7. The maximum Gasteiger partial charge on any atom is 0.225 e. The molecule has 3 unspecified atom stereocenters. The molecule has 26 heteroatoms. The Morgan fingerprint density at radius 1 is 0.494 bits per heavy atom. The lowest BCUT2D eigenvalue weighted by Crippen LogP contribution is -2.50. The van der Waals surface area contributed by atoms with Crippen LogP contribution in [0.2, 0.25) is 0 Å². The van der Waals surface area contributed by atoms with Gasteiger partial charge in [-0.1, -0.05) is 16.5 Å². The summed E-state index contributed by atoms with van der Waals surface area (Å²) < 4.78 is 67.4. The molecule has 0 saturated carbocycles. The van der Waals surface area contributed by atoms with Crippen LogP contribution in [0.25, 0.3) is 33.3 Å². The van der Waals surface area contributed by atoms with Gasteiger partial charge in [0.2, 0.25) is 11.9 Å². The van der Waals surface area contributed by atoms with Crippen LogP contribution in [0.1, 0.15) is 70.7 Å². The van der Waals surface area contributed by atoms with E-state index < -0.39 is 37.8 Å². The molecule has 3 atom stereocenters. The highest BCUT2D eigenvalue weighted by Crippen LogP contribution is 2.34. The van der Waals surface area contributed by atoms with Gasteiger partial charge in [0.15, 0.2) is 11.6 Å². The normalized spacial score (nSPS) is 15.9. The number of fused-ring (bicyclic) bond motifs is 2. The molecule has 2 aliphatic rings. The highest BCUT2D eigenvalue weighted by Gasteiger charge is 2.40. The lowest BCUT2D eigenvalue weighted by Gasteiger charge is -2.36. The van der Waals surface area contributed by atoms with Gasteiger partial charge in [-0.2, -0.15) is 20.4 Å². The zero-order valence-electron chi connectivity index (χ0n) is 48.7. The lowest BCUT2D eigenvalue weighted by atomic mass is 9.87. The number of piperazine rings is 2. The van der Waals surface area contributed by atoms with Crippen LogP contribution in [0, 0.1) is 11.6 Å². The molecule has 0 amide bonds. The van der Waals surface area contributed by atoms with Gasteiger partial charge in [0, 0.05) is 166 Å². The van der Waals surface area contributed by atoms with Crippen LogP contribution in [0.15, 0.2) is 140 Å². The summed E-state index contributed by atoms with van der Waals surface area (Å²) in [7, 11) is 3.80. The van der Waals surface area contributed by atoms with E-state index in [4.69, 9.17) is 9.97 Å². The standard InChI is InChI=1S/C30H35FN10OS.C29H31FN10OS/c1-29(2,3)43(42)37-30(4,23-6-8-25(31)9-7-23)24-16-32-28(33-17-24)40-12-10-39(11-13-40)27-26-14-21(19-41(26)36-20-34-27)22-15-35-38(5)18-22;1-29(2,3)42(41)36-26(20-5-7-24(30)8-6-20)22-14-31-28(32-15-22)39-11-9-38(10-12-39)27-25-13-21(18-40(25)35-19-33-27)23-16-34-37(4)17-23/h6-9,14-20,37H,10-13H2,1-5H3;5-8,13-19H,9-12H2,1-4H3. The summed E-state index contributed by atoms with van der Waals surface area (Å²) in [6.07, 6.45) is 21.7. The molecule has 22 nitrogen and oxygen atoms in total. The fourth-order valence-electron chi connectivity index (χ4n) is 9.87. The van der Waals surface area contributed by atoms with E-state index in [0.717, 1.165) is 82.2 Å². The van der Waals surface area contributed by atoms with E-state index in [-0.39, 0.29) is 11.6 Å². The van der Waals surface area contributed by atoms with Crippen molar-refractivity contribution in [3.63, 3.8) is 0 Å². The summed E-state index contributed by atoms with van der Waals surface area (Å²) >= 11 is -2.91. The van der Waals surface area contributed by atoms with Crippen molar-refractivity contribution in [2.24, 2.45) is 18.5 Å². The molecule has 10 heterocycles. The molecule has 0 radical (unpaired) electrons. The molecule has 2 fully saturated rings. The number of hydrogen-bond acceptors (Lipinski definition) is 18. The summed E-state index contributed by atoms with van der Waals surface area (Å²) in [5.41, 5.74) is 8.33. The Morgan fingerprint density at radius 2 is 0.929 bits per heavy atom. The average Bonchev–Trinajstić information content (AvgIpc) is 4.46. The maximum absolute atomic E-state index is 13.7. The van der Waals surface area contributed by atoms with Gasteiger partial charge in [-0.05, 0) is 103 Å². The van der Waals surface area contributed by atoms with Crippen molar-refractivity contribution in [3.05, 3.63) is 169 Å². The fourth-order valence-corrected chi connectivity index (χ4v) is 11.4. The number of nitrogens with zero attached hydrogens (tertiary/aromatic N) is 19. The zero-order chi connectivity index (χ0) is 59.8. The number of aromatic nitrogens is 14. The number of aryl methyl sites for hydroxylation is 2. The minimum atomic E-state index is -1.52. The second-order valence-corrected chi connectivity index (χ2v) is 26.9. The average molecular weight is 1190 g/mol. The Hall–Kier alpha value is -8.43. The molecule has 2 saturated heterocycles. The quantitative estimate of drug-likeness (QED) is 0.0876. The van der Waals surface area contributed by atoms with Gasteiger partial charge in [-0.3, -0.25) is 9.36 Å². The van der Waals surface area contributed by atoms with Crippen LogP contribution in [0.5, 0.6) is 0 Å². The summed E-state index contributed by atoms with van der Waals surface area (Å²) in [6.45, 7) is 19.0. The van der Waals surface area contributed by atoms with Crippen LogP contribution >= 0.6 is 0 Å². The summed E-state index contributed by atoms with van der Waals surface area (Å²) in [4.78, 5) is 36.7. The third kappa shape index (κ3) is 12.8. The zero-order valence-corrected chi connectivity index (χ0v) is 50.4. The molecule has 85 heavy (non-hydrogen) atoms. The SMILES string of the molecule is Cn1cc(-c2cc3c(N4CCN(c5ncc(C(=N[S+]([O-])C(C)(C)C)c6ccc(F)cc6)cn5)CC4)ncnn3c2)cn1.Cn1cc(-c2cc3c(N4CCN(c5ncc(C(C)(N[S+]([O-])C(C)(C)C)c6ccc(F)cc6)cn5)CC4)ncnn3c2)cn1. The number of benzene rings is 2. The summed E-state index contributed by atoms with van der Waals surface area (Å²) in [5, 5.41) is 17.4. The Kier molecular flexibility index (Phi) is 16.4. The van der Waals surface area contributed by atoms with Gasteiger partial charge in [0.25, 0.3) is 0 Å². The number of halogens is 2. The van der Waals surface area contributed by atoms with Crippen LogP contribution in [-0.4, -0.2) is 145 Å². The first kappa shape index (κ1) is 58.3. The van der Waals surface area contributed by atoms with Crippen LogP contribution in [0.3, 0.4) is 0 Å². The molecule has 8 aromatic heterocycles. The molecule has 0 spiro atoms. The Balaban J connectivity index is 0.000000177. The number of anilines is 4. The van der Waals surface area contributed by atoms with Crippen molar-refractivity contribution >= 4 is 63.0 Å². The second kappa shape index (κ2) is 23.9. The van der Waals surface area contributed by atoms with E-state index >= 15 is 0 Å². The molecule has 2 aliphatic heterocycles. The van der Waals surface area contributed by atoms with Gasteiger partial charge in [-0.25, -0.2) is 47.7 Å². The molecule has 10 aromatic rings. The maximum atomic E-state index is 13.7. The minimum Gasteiger partial charge on any atom is -0.598 e. The monoisotopic (exact) mass is 1190 g/mol. The van der Waals surface area contributed by atoms with Gasteiger partial charge >= 0.3 is 0 Å². The predicted molar refractivity (Wildman–Crippen MR) is 327 cm³/mol. The van der Waals surface area contributed by atoms with Gasteiger partial charge in [-0.15, -0.1) is 4.72 Å².